The van der Waals surface area contributed by atoms with Gasteiger partial charge in [-0.25, -0.2) is 4.39 Å². The second-order valence-corrected chi connectivity index (χ2v) is 4.87. The van der Waals surface area contributed by atoms with Crippen LogP contribution in [0.1, 0.15) is 15.9 Å². The molecule has 2 aromatic rings. The molecule has 5 heteroatoms. The zero-order chi connectivity index (χ0) is 15.4. The normalized spacial score (nSPS) is 10.3. The van der Waals surface area contributed by atoms with Crippen LogP contribution < -0.4 is 9.47 Å². The lowest BCUT2D eigenvalue weighted by atomic mass is 10.1. The monoisotopic (exact) mass is 308 g/mol. The van der Waals surface area contributed by atoms with Crippen molar-refractivity contribution < 1.29 is 18.7 Å². The number of rotatable bonds is 5. The summed E-state index contributed by atoms with van der Waals surface area (Å²) in [6, 6.07) is 9.60. The number of carbonyl (C=O) groups is 1. The number of methoxy groups -OCH3 is 1. The van der Waals surface area contributed by atoms with Gasteiger partial charge < -0.3 is 9.47 Å². The fraction of sp³-hybridized carbons (Fsp3) is 0.188. The van der Waals surface area contributed by atoms with Crippen molar-refractivity contribution in [2.24, 2.45) is 0 Å². The third-order valence-corrected chi connectivity index (χ3v) is 3.22. The predicted molar refractivity (Wildman–Crippen MR) is 79.0 cm³/mol. The number of hydrogen-bond donors (Lipinski definition) is 0. The highest BCUT2D eigenvalue weighted by molar-refractivity contribution is 6.30. The van der Waals surface area contributed by atoms with Gasteiger partial charge in [0.1, 0.15) is 5.75 Å². The van der Waals surface area contributed by atoms with E-state index < -0.39 is 5.82 Å². The summed E-state index contributed by atoms with van der Waals surface area (Å²) >= 11 is 5.65. The van der Waals surface area contributed by atoms with Gasteiger partial charge in [-0.3, -0.25) is 4.79 Å². The summed E-state index contributed by atoms with van der Waals surface area (Å²) < 4.78 is 24.0. The summed E-state index contributed by atoms with van der Waals surface area (Å²) in [5.74, 6) is -0.564. The van der Waals surface area contributed by atoms with Gasteiger partial charge in [-0.1, -0.05) is 23.7 Å². The van der Waals surface area contributed by atoms with Crippen molar-refractivity contribution in [3.63, 3.8) is 0 Å². The van der Waals surface area contributed by atoms with Gasteiger partial charge in [-0.2, -0.15) is 0 Å². The Morgan fingerprint density at radius 3 is 2.71 bits per heavy atom. The van der Waals surface area contributed by atoms with Crippen LogP contribution in [0.25, 0.3) is 0 Å². The van der Waals surface area contributed by atoms with Gasteiger partial charge in [0.15, 0.2) is 18.2 Å². The van der Waals surface area contributed by atoms with Crippen molar-refractivity contribution in [1.82, 2.24) is 0 Å². The first kappa shape index (κ1) is 15.3. The third kappa shape index (κ3) is 3.52. The number of aryl methyl sites for hydroxylation is 1. The Kier molecular flexibility index (Phi) is 4.81. The van der Waals surface area contributed by atoms with Gasteiger partial charge >= 0.3 is 0 Å². The van der Waals surface area contributed by atoms with E-state index in [1.807, 2.05) is 6.92 Å². The Hall–Kier alpha value is -2.07. The van der Waals surface area contributed by atoms with Crippen molar-refractivity contribution in [2.75, 3.05) is 13.7 Å². The van der Waals surface area contributed by atoms with Gasteiger partial charge in [0.05, 0.1) is 17.7 Å². The molecule has 0 radical (unpaired) electrons. The summed E-state index contributed by atoms with van der Waals surface area (Å²) in [5.41, 5.74) is 1.37. The van der Waals surface area contributed by atoms with Crippen molar-refractivity contribution >= 4 is 17.4 Å². The summed E-state index contributed by atoms with van der Waals surface area (Å²) in [4.78, 5) is 12.1. The molecule has 0 fully saturated rings. The zero-order valence-electron chi connectivity index (χ0n) is 11.7. The van der Waals surface area contributed by atoms with Crippen LogP contribution >= 0.6 is 11.6 Å². The first-order valence-corrected chi connectivity index (χ1v) is 6.65. The number of carbonyl (C=O) groups excluding carboxylic acids is 1. The van der Waals surface area contributed by atoms with Gasteiger partial charge in [-0.05, 0) is 36.8 Å². The summed E-state index contributed by atoms with van der Waals surface area (Å²) in [7, 11) is 1.49. The van der Waals surface area contributed by atoms with Crippen LogP contribution in [0.15, 0.2) is 36.4 Å². The van der Waals surface area contributed by atoms with E-state index in [2.05, 4.69) is 0 Å². The van der Waals surface area contributed by atoms with Crippen LogP contribution in [0.5, 0.6) is 11.5 Å². The second-order valence-electron chi connectivity index (χ2n) is 4.47. The van der Waals surface area contributed by atoms with Crippen molar-refractivity contribution in [3.05, 3.63) is 58.4 Å². The number of Topliss-reactive ketones (excluding diaryl/α,β-unsaturated/α-hetero) is 1. The Bertz CT molecular complexity index is 671. The molecule has 0 heterocycles. The number of ketones is 1. The van der Waals surface area contributed by atoms with E-state index in [1.165, 1.54) is 19.2 Å². The molecule has 21 heavy (non-hydrogen) atoms. The third-order valence-electron chi connectivity index (χ3n) is 2.93. The molecule has 0 bridgehead atoms. The maximum absolute atomic E-state index is 13.7. The fourth-order valence-electron chi connectivity index (χ4n) is 1.85. The maximum Gasteiger partial charge on any atom is 0.203 e. The number of hydrogen-bond acceptors (Lipinski definition) is 3. The summed E-state index contributed by atoms with van der Waals surface area (Å²) in [6.07, 6.45) is 0. The highest BCUT2D eigenvalue weighted by Gasteiger charge is 2.15. The Labute approximate surface area is 127 Å². The van der Waals surface area contributed by atoms with E-state index in [0.29, 0.717) is 11.3 Å². The molecule has 0 aliphatic carbocycles. The van der Waals surface area contributed by atoms with Crippen LogP contribution in [-0.4, -0.2) is 19.5 Å². The number of benzene rings is 2. The minimum Gasteiger partial charge on any atom is -0.496 e. The molecule has 0 aliphatic rings. The Morgan fingerprint density at radius 2 is 2.00 bits per heavy atom. The number of halogens is 2. The minimum absolute atomic E-state index is 0.0483. The van der Waals surface area contributed by atoms with Crippen molar-refractivity contribution in [2.45, 2.75) is 6.92 Å². The molecule has 0 spiro atoms. The molecule has 110 valence electrons. The summed E-state index contributed by atoms with van der Waals surface area (Å²) in [5, 5.41) is -0.0483. The van der Waals surface area contributed by atoms with E-state index in [1.54, 1.807) is 24.3 Å². The van der Waals surface area contributed by atoms with Crippen LogP contribution in [0, 0.1) is 12.7 Å². The topological polar surface area (TPSA) is 35.5 Å². The van der Waals surface area contributed by atoms with Crippen LogP contribution in [0.4, 0.5) is 4.39 Å². The largest absolute Gasteiger partial charge is 0.496 e. The zero-order valence-corrected chi connectivity index (χ0v) is 12.4. The molecule has 2 rings (SSSR count). The average molecular weight is 309 g/mol. The average Bonchev–Trinajstić information content (AvgIpc) is 2.48. The van der Waals surface area contributed by atoms with Gasteiger partial charge in [0.2, 0.25) is 5.78 Å². The SMILES string of the molecule is COc1cc(C)ccc1C(=O)COc1cccc(Cl)c1F. The lowest BCUT2D eigenvalue weighted by Crippen LogP contribution is -2.13. The molecule has 3 nitrogen and oxygen atoms in total. The fourth-order valence-corrected chi connectivity index (χ4v) is 2.01. The highest BCUT2D eigenvalue weighted by atomic mass is 35.5. The molecule has 0 aliphatic heterocycles. The van der Waals surface area contributed by atoms with E-state index in [-0.39, 0.29) is 23.2 Å². The van der Waals surface area contributed by atoms with E-state index in [0.717, 1.165) is 5.56 Å². The number of ether oxygens (including phenoxy) is 2. The molecular weight excluding hydrogens is 295 g/mol. The highest BCUT2D eigenvalue weighted by Crippen LogP contribution is 2.25. The molecule has 0 saturated heterocycles. The molecule has 0 N–H and O–H groups in total. The van der Waals surface area contributed by atoms with Gasteiger partial charge in [-0.15, -0.1) is 0 Å². The van der Waals surface area contributed by atoms with Crippen LogP contribution in [-0.2, 0) is 0 Å². The maximum atomic E-state index is 13.7. The van der Waals surface area contributed by atoms with Crippen LogP contribution in [0.2, 0.25) is 5.02 Å². The van der Waals surface area contributed by atoms with Gasteiger partial charge in [0.25, 0.3) is 0 Å². The molecular formula is C16H14ClFO3. The second kappa shape index (κ2) is 6.59. The van der Waals surface area contributed by atoms with Crippen LogP contribution in [0.3, 0.4) is 0 Å². The summed E-state index contributed by atoms with van der Waals surface area (Å²) in [6.45, 7) is 1.60. The van der Waals surface area contributed by atoms with Crippen molar-refractivity contribution in [3.8, 4) is 11.5 Å². The van der Waals surface area contributed by atoms with E-state index in [9.17, 15) is 9.18 Å². The Morgan fingerprint density at radius 1 is 1.24 bits per heavy atom. The lowest BCUT2D eigenvalue weighted by Gasteiger charge is -2.10. The standard InChI is InChI=1S/C16H14ClFO3/c1-10-6-7-11(15(8-10)20-2)13(19)9-21-14-5-3-4-12(17)16(14)18/h3-8H,9H2,1-2H3. The van der Waals surface area contributed by atoms with E-state index >= 15 is 0 Å². The van der Waals surface area contributed by atoms with Gasteiger partial charge in [0, 0.05) is 0 Å². The first-order valence-electron chi connectivity index (χ1n) is 6.27. The molecule has 0 atom stereocenters. The quantitative estimate of drug-likeness (QED) is 0.781. The minimum atomic E-state index is -0.678. The molecule has 2 aromatic carbocycles. The lowest BCUT2D eigenvalue weighted by molar-refractivity contribution is 0.0915. The smallest absolute Gasteiger partial charge is 0.203 e. The van der Waals surface area contributed by atoms with E-state index in [4.69, 9.17) is 21.1 Å². The van der Waals surface area contributed by atoms with Crippen molar-refractivity contribution in [1.29, 1.82) is 0 Å². The molecule has 0 amide bonds. The molecule has 0 saturated carbocycles. The Balaban J connectivity index is 2.14. The molecule has 0 aromatic heterocycles. The predicted octanol–water partition coefficient (Wildman–Crippen LogP) is 4.06. The molecule has 0 unspecified atom stereocenters. The first-order chi connectivity index (χ1) is 10.0.